The smallest absolute Gasteiger partial charge is 0.241 e. The van der Waals surface area contributed by atoms with Crippen molar-refractivity contribution in [1.82, 2.24) is 4.72 Å². The number of aryl methyl sites for hydroxylation is 2. The molecule has 1 atom stereocenters. The van der Waals surface area contributed by atoms with Crippen molar-refractivity contribution in [2.24, 2.45) is 0 Å². The Bertz CT molecular complexity index is 901. The summed E-state index contributed by atoms with van der Waals surface area (Å²) in [5, 5.41) is 0. The van der Waals surface area contributed by atoms with Gasteiger partial charge in [-0.05, 0) is 75.6 Å². The van der Waals surface area contributed by atoms with Crippen LogP contribution in [0.5, 0.6) is 17.2 Å². The highest BCUT2D eigenvalue weighted by Crippen LogP contribution is 2.32. The number of hydrogen-bond acceptors (Lipinski definition) is 5. The molecule has 2 aromatic rings. The predicted molar refractivity (Wildman–Crippen MR) is 110 cm³/mol. The quantitative estimate of drug-likeness (QED) is 0.676. The molecule has 0 fully saturated rings. The molecule has 0 aromatic heterocycles. The van der Waals surface area contributed by atoms with Crippen LogP contribution < -0.4 is 18.9 Å². The summed E-state index contributed by atoms with van der Waals surface area (Å²) in [6.07, 6.45) is 0. The Balaban J connectivity index is 2.33. The van der Waals surface area contributed by atoms with Crippen LogP contribution in [0.3, 0.4) is 0 Å². The van der Waals surface area contributed by atoms with Gasteiger partial charge in [0.15, 0.2) is 11.5 Å². The van der Waals surface area contributed by atoms with Gasteiger partial charge < -0.3 is 14.2 Å². The Hall–Kier alpha value is -2.25. The first-order valence-electron chi connectivity index (χ1n) is 9.30. The first-order valence-corrected chi connectivity index (χ1v) is 10.8. The second kappa shape index (κ2) is 9.30. The van der Waals surface area contributed by atoms with E-state index in [1.807, 2.05) is 26.0 Å². The van der Waals surface area contributed by atoms with Crippen molar-refractivity contribution < 1.29 is 22.6 Å². The third-order valence-electron chi connectivity index (χ3n) is 4.34. The van der Waals surface area contributed by atoms with Gasteiger partial charge in [0.25, 0.3) is 0 Å². The molecule has 0 heterocycles. The summed E-state index contributed by atoms with van der Waals surface area (Å²) in [7, 11) is -2.16. The Morgan fingerprint density at radius 3 is 2.07 bits per heavy atom. The van der Waals surface area contributed by atoms with Crippen molar-refractivity contribution in [3.63, 3.8) is 0 Å². The van der Waals surface area contributed by atoms with E-state index in [9.17, 15) is 8.42 Å². The standard InChI is InChI=1S/C21H29NO5S/c1-7-26-19-10-9-17(13-20(19)27-8-2)16(5)22-28(23,24)21-14(3)11-18(25-6)12-15(21)4/h9-13,16,22H,7-8H2,1-6H3/t16-/m0/s1. The summed E-state index contributed by atoms with van der Waals surface area (Å²) in [5.41, 5.74) is 2.07. The van der Waals surface area contributed by atoms with Crippen molar-refractivity contribution in [3.8, 4) is 17.2 Å². The highest BCUT2D eigenvalue weighted by atomic mass is 32.2. The number of hydrogen-bond donors (Lipinski definition) is 1. The normalized spacial score (nSPS) is 12.5. The third-order valence-corrected chi connectivity index (χ3v) is 6.18. The lowest BCUT2D eigenvalue weighted by Crippen LogP contribution is -2.28. The number of methoxy groups -OCH3 is 1. The van der Waals surface area contributed by atoms with E-state index in [1.54, 1.807) is 46.1 Å². The average molecular weight is 408 g/mol. The van der Waals surface area contributed by atoms with Gasteiger partial charge in [0.1, 0.15) is 5.75 Å². The van der Waals surface area contributed by atoms with E-state index in [0.717, 1.165) is 5.56 Å². The van der Waals surface area contributed by atoms with E-state index >= 15 is 0 Å². The van der Waals surface area contributed by atoms with Crippen LogP contribution in [0.15, 0.2) is 35.2 Å². The molecule has 0 aliphatic rings. The highest BCUT2D eigenvalue weighted by Gasteiger charge is 2.24. The summed E-state index contributed by atoms with van der Waals surface area (Å²) >= 11 is 0. The van der Waals surface area contributed by atoms with Crippen LogP contribution in [-0.4, -0.2) is 28.7 Å². The first kappa shape index (κ1) is 22.0. The minimum atomic E-state index is -3.72. The van der Waals surface area contributed by atoms with Crippen LogP contribution in [0.4, 0.5) is 0 Å². The first-order chi connectivity index (χ1) is 13.2. The zero-order valence-electron chi connectivity index (χ0n) is 17.3. The molecule has 6 nitrogen and oxygen atoms in total. The van der Waals surface area contributed by atoms with Crippen LogP contribution in [0, 0.1) is 13.8 Å². The van der Waals surface area contributed by atoms with Crippen molar-refractivity contribution in [2.75, 3.05) is 20.3 Å². The van der Waals surface area contributed by atoms with Gasteiger partial charge in [-0.1, -0.05) is 6.07 Å². The minimum Gasteiger partial charge on any atom is -0.497 e. The molecule has 0 bridgehead atoms. The number of ether oxygens (including phenoxy) is 3. The van der Waals surface area contributed by atoms with Crippen LogP contribution in [0.1, 0.15) is 43.5 Å². The zero-order chi connectivity index (χ0) is 20.9. The van der Waals surface area contributed by atoms with E-state index in [4.69, 9.17) is 14.2 Å². The Morgan fingerprint density at radius 2 is 1.54 bits per heavy atom. The molecule has 0 saturated heterocycles. The van der Waals surface area contributed by atoms with Crippen LogP contribution in [-0.2, 0) is 10.0 Å². The molecular weight excluding hydrogens is 378 g/mol. The Labute approximate surface area is 167 Å². The maximum absolute atomic E-state index is 13.0. The summed E-state index contributed by atoms with van der Waals surface area (Å²) in [4.78, 5) is 0.274. The van der Waals surface area contributed by atoms with Gasteiger partial charge in [0.05, 0.1) is 25.2 Å². The molecule has 0 radical (unpaired) electrons. The van der Waals surface area contributed by atoms with Gasteiger partial charge in [0, 0.05) is 6.04 Å². The highest BCUT2D eigenvalue weighted by molar-refractivity contribution is 7.89. The fraction of sp³-hybridized carbons (Fsp3) is 0.429. The van der Waals surface area contributed by atoms with Gasteiger partial charge in [-0.3, -0.25) is 0 Å². The SMILES string of the molecule is CCOc1ccc([C@H](C)NS(=O)(=O)c2c(C)cc(OC)cc2C)cc1OCC. The molecule has 0 saturated carbocycles. The zero-order valence-corrected chi connectivity index (χ0v) is 18.1. The van der Waals surface area contributed by atoms with E-state index in [-0.39, 0.29) is 4.90 Å². The maximum Gasteiger partial charge on any atom is 0.241 e. The Kier molecular flexibility index (Phi) is 7.32. The van der Waals surface area contributed by atoms with Gasteiger partial charge in [-0.15, -0.1) is 0 Å². The molecule has 2 aromatic carbocycles. The average Bonchev–Trinajstić information content (AvgIpc) is 2.62. The fourth-order valence-corrected chi connectivity index (χ4v) is 4.83. The number of sulfonamides is 1. The van der Waals surface area contributed by atoms with E-state index in [2.05, 4.69) is 4.72 Å². The molecule has 0 amide bonds. The van der Waals surface area contributed by atoms with Crippen molar-refractivity contribution >= 4 is 10.0 Å². The van der Waals surface area contributed by atoms with Crippen molar-refractivity contribution in [1.29, 1.82) is 0 Å². The van der Waals surface area contributed by atoms with Crippen LogP contribution in [0.25, 0.3) is 0 Å². The van der Waals surface area contributed by atoms with E-state index in [1.165, 1.54) is 0 Å². The van der Waals surface area contributed by atoms with Gasteiger partial charge in [0.2, 0.25) is 10.0 Å². The molecular formula is C21H29NO5S. The molecule has 7 heteroatoms. The summed E-state index contributed by atoms with van der Waals surface area (Å²) in [6.45, 7) is 10.1. The van der Waals surface area contributed by atoms with Crippen LogP contribution >= 0.6 is 0 Å². The molecule has 2 rings (SSSR count). The second-order valence-electron chi connectivity index (χ2n) is 6.51. The Morgan fingerprint density at radius 1 is 0.964 bits per heavy atom. The molecule has 28 heavy (non-hydrogen) atoms. The summed E-state index contributed by atoms with van der Waals surface area (Å²) in [5.74, 6) is 1.88. The van der Waals surface area contributed by atoms with E-state index < -0.39 is 16.1 Å². The van der Waals surface area contributed by atoms with Gasteiger partial charge in [-0.2, -0.15) is 0 Å². The molecule has 0 spiro atoms. The number of benzene rings is 2. The molecule has 0 aliphatic carbocycles. The fourth-order valence-electron chi connectivity index (χ4n) is 3.15. The molecule has 1 N–H and O–H groups in total. The molecule has 154 valence electrons. The lowest BCUT2D eigenvalue weighted by molar-refractivity contribution is 0.287. The second-order valence-corrected chi connectivity index (χ2v) is 8.16. The minimum absolute atomic E-state index is 0.274. The number of nitrogens with one attached hydrogen (secondary N) is 1. The monoisotopic (exact) mass is 407 g/mol. The third kappa shape index (κ3) is 4.97. The lowest BCUT2D eigenvalue weighted by atomic mass is 10.1. The van der Waals surface area contributed by atoms with Crippen molar-refractivity contribution in [3.05, 3.63) is 47.0 Å². The summed E-state index contributed by atoms with van der Waals surface area (Å²) in [6, 6.07) is 8.45. The number of rotatable bonds is 9. The topological polar surface area (TPSA) is 73.9 Å². The lowest BCUT2D eigenvalue weighted by Gasteiger charge is -2.19. The molecule has 0 unspecified atom stereocenters. The van der Waals surface area contributed by atoms with Crippen molar-refractivity contribution in [2.45, 2.75) is 45.6 Å². The molecule has 0 aliphatic heterocycles. The van der Waals surface area contributed by atoms with Crippen LogP contribution in [0.2, 0.25) is 0 Å². The van der Waals surface area contributed by atoms with Gasteiger partial charge in [-0.25, -0.2) is 13.1 Å². The predicted octanol–water partition coefficient (Wildman–Crippen LogP) is 4.15. The van der Waals surface area contributed by atoms with E-state index in [0.29, 0.717) is 41.6 Å². The van der Waals surface area contributed by atoms with Gasteiger partial charge >= 0.3 is 0 Å². The maximum atomic E-state index is 13.0. The largest absolute Gasteiger partial charge is 0.497 e. The summed E-state index contributed by atoms with van der Waals surface area (Å²) < 4.78 is 45.3.